The van der Waals surface area contributed by atoms with Crippen LogP contribution in [0.3, 0.4) is 0 Å². The number of carbonyl (C=O) groups excluding carboxylic acids is 1. The zero-order chi connectivity index (χ0) is 17.1. The van der Waals surface area contributed by atoms with Crippen LogP contribution in [0.1, 0.15) is 45.2 Å². The lowest BCUT2D eigenvalue weighted by atomic mass is 9.95. The second kappa shape index (κ2) is 7.35. The first-order valence-corrected chi connectivity index (χ1v) is 8.37. The van der Waals surface area contributed by atoms with Gasteiger partial charge in [0.25, 0.3) is 0 Å². The monoisotopic (exact) mass is 339 g/mol. The summed E-state index contributed by atoms with van der Waals surface area (Å²) in [5.74, 6) is -1.79. The van der Waals surface area contributed by atoms with Crippen molar-refractivity contribution in [2.45, 2.75) is 46.6 Å². The number of ether oxygens (including phenoxy) is 1. The van der Waals surface area contributed by atoms with Gasteiger partial charge in [0.2, 0.25) is 5.83 Å². The first kappa shape index (κ1) is 17.8. The summed E-state index contributed by atoms with van der Waals surface area (Å²) in [5.41, 5.74) is 3.02. The molecular formula is C18H23ClFNO2. The number of anilines is 1. The molecule has 0 saturated heterocycles. The van der Waals surface area contributed by atoms with Crippen molar-refractivity contribution < 1.29 is 13.9 Å². The van der Waals surface area contributed by atoms with E-state index in [9.17, 15) is 9.18 Å². The number of benzene rings is 1. The third kappa shape index (κ3) is 3.69. The van der Waals surface area contributed by atoms with Crippen molar-refractivity contribution in [2.24, 2.45) is 0 Å². The summed E-state index contributed by atoms with van der Waals surface area (Å²) in [6.07, 6.45) is 1.94. The normalized spacial score (nSPS) is 15.3. The van der Waals surface area contributed by atoms with Crippen LogP contribution in [0.25, 0.3) is 5.57 Å². The number of aryl methyl sites for hydroxylation is 1. The molecule has 0 fully saturated rings. The molecule has 1 aromatic rings. The highest BCUT2D eigenvalue weighted by molar-refractivity contribution is 6.33. The number of hydrogen-bond donors (Lipinski definition) is 0. The maximum atomic E-state index is 14.2. The van der Waals surface area contributed by atoms with Crippen molar-refractivity contribution in [2.75, 3.05) is 18.1 Å². The van der Waals surface area contributed by atoms with Gasteiger partial charge >= 0.3 is 5.97 Å². The lowest BCUT2D eigenvalue weighted by molar-refractivity contribution is -0.140. The number of fused-ring (bicyclic) bond motifs is 1. The van der Waals surface area contributed by atoms with Crippen LogP contribution in [0, 0.1) is 0 Å². The lowest BCUT2D eigenvalue weighted by Crippen LogP contribution is -2.35. The van der Waals surface area contributed by atoms with Crippen molar-refractivity contribution in [3.05, 3.63) is 34.1 Å². The van der Waals surface area contributed by atoms with Gasteiger partial charge in [0, 0.05) is 12.6 Å². The summed E-state index contributed by atoms with van der Waals surface area (Å²) in [7, 11) is 0. The number of esters is 1. The highest BCUT2D eigenvalue weighted by Crippen LogP contribution is 2.38. The van der Waals surface area contributed by atoms with Crippen molar-refractivity contribution >= 4 is 28.8 Å². The van der Waals surface area contributed by atoms with Crippen LogP contribution in [-0.4, -0.2) is 25.2 Å². The number of rotatable bonds is 4. The summed E-state index contributed by atoms with van der Waals surface area (Å²) in [6, 6.07) is 4.02. The minimum absolute atomic E-state index is 0.147. The molecule has 0 N–H and O–H groups in total. The molecular weight excluding hydrogens is 317 g/mol. The average molecular weight is 340 g/mol. The Hall–Kier alpha value is -1.55. The number of allylic oxidation sites excluding steroid dienone is 1. The first-order chi connectivity index (χ1) is 10.9. The molecule has 126 valence electrons. The molecule has 0 amide bonds. The van der Waals surface area contributed by atoms with Crippen LogP contribution in [-0.2, 0) is 16.0 Å². The molecule has 0 aromatic heterocycles. The summed E-state index contributed by atoms with van der Waals surface area (Å²) in [5, 5.41) is 0.599. The first-order valence-electron chi connectivity index (χ1n) is 7.99. The molecule has 0 radical (unpaired) electrons. The Kier molecular flexibility index (Phi) is 5.69. The Morgan fingerprint density at radius 2 is 2.13 bits per heavy atom. The van der Waals surface area contributed by atoms with Crippen LogP contribution in [0.4, 0.5) is 10.1 Å². The van der Waals surface area contributed by atoms with E-state index >= 15 is 0 Å². The van der Waals surface area contributed by atoms with Crippen molar-refractivity contribution in [3.8, 4) is 0 Å². The Balaban J connectivity index is 2.46. The Labute approximate surface area is 142 Å². The second-order valence-electron chi connectivity index (χ2n) is 6.02. The zero-order valence-electron chi connectivity index (χ0n) is 14.1. The van der Waals surface area contributed by atoms with E-state index in [4.69, 9.17) is 16.3 Å². The van der Waals surface area contributed by atoms with E-state index in [2.05, 4.69) is 18.7 Å². The molecule has 1 aromatic carbocycles. The van der Waals surface area contributed by atoms with Crippen LogP contribution in [0.15, 0.2) is 18.0 Å². The fourth-order valence-electron chi connectivity index (χ4n) is 2.93. The predicted octanol–water partition coefficient (Wildman–Crippen LogP) is 4.76. The predicted molar refractivity (Wildman–Crippen MR) is 92.6 cm³/mol. The number of hydrogen-bond acceptors (Lipinski definition) is 3. The minimum Gasteiger partial charge on any atom is -0.461 e. The Morgan fingerprint density at radius 3 is 2.74 bits per heavy atom. The molecule has 0 spiro atoms. The minimum atomic E-state index is -0.928. The van der Waals surface area contributed by atoms with Crippen LogP contribution < -0.4 is 4.90 Å². The third-order valence-electron chi connectivity index (χ3n) is 4.11. The molecule has 0 saturated carbocycles. The van der Waals surface area contributed by atoms with E-state index in [1.165, 1.54) is 0 Å². The van der Waals surface area contributed by atoms with Gasteiger partial charge in [-0.15, -0.1) is 0 Å². The van der Waals surface area contributed by atoms with Gasteiger partial charge in [0.1, 0.15) is 0 Å². The van der Waals surface area contributed by atoms with E-state index in [0.717, 1.165) is 30.6 Å². The average Bonchev–Trinajstić information content (AvgIpc) is 2.52. The smallest absolute Gasteiger partial charge is 0.367 e. The second-order valence-corrected chi connectivity index (χ2v) is 6.42. The lowest BCUT2D eigenvalue weighted by Gasteiger charge is -2.35. The molecule has 5 heteroatoms. The van der Waals surface area contributed by atoms with E-state index in [0.29, 0.717) is 16.6 Å². The quantitative estimate of drug-likeness (QED) is 0.585. The molecule has 23 heavy (non-hydrogen) atoms. The van der Waals surface area contributed by atoms with Crippen LogP contribution in [0.5, 0.6) is 0 Å². The standard InChI is InChI=1S/C18H23ClFNO2/c1-5-23-18(22)16(20)12(4)14-9-13-7-6-8-21(11(2)3)17(13)15(19)10-14/h9-11H,5-8H2,1-4H3. The largest absolute Gasteiger partial charge is 0.461 e. The molecule has 1 aliphatic rings. The van der Waals surface area contributed by atoms with E-state index in [1.54, 1.807) is 19.9 Å². The summed E-state index contributed by atoms with van der Waals surface area (Å²) >= 11 is 6.47. The van der Waals surface area contributed by atoms with Gasteiger partial charge in [-0.25, -0.2) is 4.79 Å². The fourth-order valence-corrected chi connectivity index (χ4v) is 3.27. The van der Waals surface area contributed by atoms with Crippen molar-refractivity contribution in [3.63, 3.8) is 0 Å². The van der Waals surface area contributed by atoms with Gasteiger partial charge in [0.15, 0.2) is 0 Å². The molecule has 1 heterocycles. The van der Waals surface area contributed by atoms with Crippen molar-refractivity contribution in [1.29, 1.82) is 0 Å². The maximum Gasteiger partial charge on any atom is 0.367 e. The molecule has 1 aliphatic heterocycles. The van der Waals surface area contributed by atoms with Gasteiger partial charge in [0.05, 0.1) is 17.3 Å². The summed E-state index contributed by atoms with van der Waals surface area (Å²) in [4.78, 5) is 13.8. The van der Waals surface area contributed by atoms with Gasteiger partial charge < -0.3 is 9.64 Å². The van der Waals surface area contributed by atoms with Gasteiger partial charge in [-0.05, 0) is 69.4 Å². The number of nitrogens with zero attached hydrogens (tertiary/aromatic N) is 1. The van der Waals surface area contributed by atoms with Gasteiger partial charge in [-0.1, -0.05) is 11.6 Å². The number of halogens is 2. The Bertz CT molecular complexity index is 640. The fraction of sp³-hybridized carbons (Fsp3) is 0.500. The molecule has 0 atom stereocenters. The van der Waals surface area contributed by atoms with Crippen LogP contribution in [0.2, 0.25) is 5.02 Å². The molecule has 0 bridgehead atoms. The third-order valence-corrected chi connectivity index (χ3v) is 4.40. The molecule has 0 aliphatic carbocycles. The molecule has 3 nitrogen and oxygen atoms in total. The maximum absolute atomic E-state index is 14.2. The van der Waals surface area contributed by atoms with E-state index < -0.39 is 11.8 Å². The van der Waals surface area contributed by atoms with E-state index in [-0.39, 0.29) is 12.2 Å². The highest BCUT2D eigenvalue weighted by atomic mass is 35.5. The van der Waals surface area contributed by atoms with Gasteiger partial charge in [-0.2, -0.15) is 4.39 Å². The summed E-state index contributed by atoms with van der Waals surface area (Å²) < 4.78 is 18.9. The molecule has 2 rings (SSSR count). The summed E-state index contributed by atoms with van der Waals surface area (Å²) in [6.45, 7) is 8.60. The van der Waals surface area contributed by atoms with Gasteiger partial charge in [-0.3, -0.25) is 0 Å². The topological polar surface area (TPSA) is 29.5 Å². The van der Waals surface area contributed by atoms with E-state index in [1.807, 2.05) is 6.07 Å². The van der Waals surface area contributed by atoms with Crippen molar-refractivity contribution in [1.82, 2.24) is 0 Å². The zero-order valence-corrected chi connectivity index (χ0v) is 14.8. The number of carbonyl (C=O) groups is 1. The SMILES string of the molecule is CCOC(=O)C(F)=C(C)c1cc(Cl)c2c(c1)CCCN2C(C)C. The highest BCUT2D eigenvalue weighted by Gasteiger charge is 2.24. The van der Waals surface area contributed by atoms with Crippen LogP contribution >= 0.6 is 11.6 Å². The Morgan fingerprint density at radius 1 is 1.43 bits per heavy atom. The molecule has 0 unspecified atom stereocenters.